The van der Waals surface area contributed by atoms with E-state index in [1.54, 1.807) is 0 Å². The monoisotopic (exact) mass is 410 g/mol. The van der Waals surface area contributed by atoms with Crippen molar-refractivity contribution in [3.8, 4) is 5.75 Å². The summed E-state index contributed by atoms with van der Waals surface area (Å²) in [5.74, 6) is 1.75. The predicted molar refractivity (Wildman–Crippen MR) is 116 cm³/mol. The van der Waals surface area contributed by atoms with Gasteiger partial charge in [-0.1, -0.05) is 47.7 Å². The highest BCUT2D eigenvalue weighted by atomic mass is 32.2. The number of benzene rings is 2. The first-order chi connectivity index (χ1) is 14.0. The zero-order chi connectivity index (χ0) is 20.8. The van der Waals surface area contributed by atoms with Crippen LogP contribution in [-0.2, 0) is 17.9 Å². The van der Waals surface area contributed by atoms with Crippen LogP contribution >= 0.6 is 11.8 Å². The lowest BCUT2D eigenvalue weighted by atomic mass is 10.1. The molecule has 6 nitrogen and oxygen atoms in total. The third-order valence-electron chi connectivity index (χ3n) is 4.58. The summed E-state index contributed by atoms with van der Waals surface area (Å²) in [6, 6.07) is 13.9. The van der Waals surface area contributed by atoms with E-state index in [0.717, 1.165) is 28.4 Å². The van der Waals surface area contributed by atoms with Crippen LogP contribution in [-0.4, -0.2) is 26.4 Å². The SMILES string of the molecule is CCn1c(COc2ccc(C)cc2)nnc1SCC(=O)Nc1c(C)cccc1C. The fourth-order valence-electron chi connectivity index (χ4n) is 2.95. The molecule has 152 valence electrons. The van der Waals surface area contributed by atoms with Gasteiger partial charge in [0.25, 0.3) is 0 Å². The van der Waals surface area contributed by atoms with Crippen molar-refractivity contribution in [1.29, 1.82) is 0 Å². The summed E-state index contributed by atoms with van der Waals surface area (Å²) in [5, 5.41) is 12.2. The lowest BCUT2D eigenvalue weighted by molar-refractivity contribution is -0.113. The van der Waals surface area contributed by atoms with Gasteiger partial charge >= 0.3 is 0 Å². The minimum atomic E-state index is -0.0597. The molecule has 7 heteroatoms. The maximum Gasteiger partial charge on any atom is 0.234 e. The molecular weight excluding hydrogens is 384 g/mol. The molecule has 1 aromatic heterocycles. The second kappa shape index (κ2) is 9.60. The lowest BCUT2D eigenvalue weighted by Crippen LogP contribution is -2.16. The first-order valence-electron chi connectivity index (χ1n) is 9.58. The number of hydrogen-bond donors (Lipinski definition) is 1. The standard InChI is InChI=1S/C22H26N4O2S/c1-5-26-19(13-28-18-11-9-15(2)10-12-18)24-25-22(26)29-14-20(27)23-21-16(3)7-6-8-17(21)4/h6-12H,5,13-14H2,1-4H3,(H,23,27). The van der Waals surface area contributed by atoms with Gasteiger partial charge in [-0.15, -0.1) is 10.2 Å². The first kappa shape index (κ1) is 20.9. The molecule has 0 aliphatic carbocycles. The molecule has 3 aromatic rings. The van der Waals surface area contributed by atoms with E-state index in [0.29, 0.717) is 18.3 Å². The van der Waals surface area contributed by atoms with Gasteiger partial charge in [-0.3, -0.25) is 4.79 Å². The third-order valence-corrected chi connectivity index (χ3v) is 5.54. The average Bonchev–Trinajstić information content (AvgIpc) is 3.10. The van der Waals surface area contributed by atoms with Crippen molar-refractivity contribution in [2.45, 2.75) is 46.0 Å². The molecule has 0 saturated carbocycles. The molecule has 0 atom stereocenters. The Morgan fingerprint density at radius 2 is 1.76 bits per heavy atom. The highest BCUT2D eigenvalue weighted by Gasteiger charge is 2.14. The number of carbonyl (C=O) groups excluding carboxylic acids is 1. The molecule has 1 amide bonds. The Labute approximate surface area is 175 Å². The molecule has 0 saturated heterocycles. The van der Waals surface area contributed by atoms with Crippen LogP contribution in [0.2, 0.25) is 0 Å². The number of para-hydroxylation sites is 1. The summed E-state index contributed by atoms with van der Waals surface area (Å²) in [6.07, 6.45) is 0. The smallest absolute Gasteiger partial charge is 0.234 e. The number of aromatic nitrogens is 3. The van der Waals surface area contributed by atoms with Gasteiger partial charge < -0.3 is 14.6 Å². The Morgan fingerprint density at radius 1 is 1.07 bits per heavy atom. The summed E-state index contributed by atoms with van der Waals surface area (Å²) in [6.45, 7) is 9.09. The molecule has 1 heterocycles. The van der Waals surface area contributed by atoms with Crippen LogP contribution in [0.1, 0.15) is 29.4 Å². The van der Waals surface area contributed by atoms with E-state index in [4.69, 9.17) is 4.74 Å². The first-order valence-corrected chi connectivity index (χ1v) is 10.6. The highest BCUT2D eigenvalue weighted by molar-refractivity contribution is 7.99. The normalized spacial score (nSPS) is 10.8. The Balaban J connectivity index is 1.59. The predicted octanol–water partition coefficient (Wildman–Crippen LogP) is 4.53. The van der Waals surface area contributed by atoms with Crippen molar-refractivity contribution in [1.82, 2.24) is 14.8 Å². The van der Waals surface area contributed by atoms with Crippen molar-refractivity contribution in [2.75, 3.05) is 11.1 Å². The van der Waals surface area contributed by atoms with Gasteiger partial charge in [0.2, 0.25) is 5.91 Å². The highest BCUT2D eigenvalue weighted by Crippen LogP contribution is 2.22. The van der Waals surface area contributed by atoms with E-state index in [2.05, 4.69) is 15.5 Å². The Bertz CT molecular complexity index is 963. The molecule has 0 bridgehead atoms. The summed E-state index contributed by atoms with van der Waals surface area (Å²) >= 11 is 1.38. The van der Waals surface area contributed by atoms with E-state index >= 15 is 0 Å². The van der Waals surface area contributed by atoms with Crippen molar-refractivity contribution in [3.63, 3.8) is 0 Å². The van der Waals surface area contributed by atoms with Crippen LogP contribution < -0.4 is 10.1 Å². The summed E-state index contributed by atoms with van der Waals surface area (Å²) < 4.78 is 7.80. The van der Waals surface area contributed by atoms with Gasteiger partial charge in [0, 0.05) is 12.2 Å². The van der Waals surface area contributed by atoms with Gasteiger partial charge in [0.15, 0.2) is 11.0 Å². The second-order valence-electron chi connectivity index (χ2n) is 6.85. The Kier molecular flexibility index (Phi) is 6.93. The molecule has 0 aliphatic rings. The maximum atomic E-state index is 12.4. The van der Waals surface area contributed by atoms with Gasteiger partial charge in [-0.2, -0.15) is 0 Å². The van der Waals surface area contributed by atoms with Crippen LogP contribution in [0.4, 0.5) is 5.69 Å². The lowest BCUT2D eigenvalue weighted by Gasteiger charge is -2.11. The molecule has 3 rings (SSSR count). The summed E-state index contributed by atoms with van der Waals surface area (Å²) in [7, 11) is 0. The number of aryl methyl sites for hydroxylation is 3. The van der Waals surface area contributed by atoms with Crippen LogP contribution in [0.3, 0.4) is 0 Å². The molecule has 0 spiro atoms. The van der Waals surface area contributed by atoms with Gasteiger partial charge in [0.05, 0.1) is 5.75 Å². The second-order valence-corrected chi connectivity index (χ2v) is 7.79. The number of carbonyl (C=O) groups is 1. The minimum Gasteiger partial charge on any atom is -0.486 e. The van der Waals surface area contributed by atoms with E-state index in [1.165, 1.54) is 17.3 Å². The van der Waals surface area contributed by atoms with E-state index < -0.39 is 0 Å². The van der Waals surface area contributed by atoms with E-state index in [9.17, 15) is 4.79 Å². The number of thioether (sulfide) groups is 1. The minimum absolute atomic E-state index is 0.0597. The maximum absolute atomic E-state index is 12.4. The van der Waals surface area contributed by atoms with Crippen molar-refractivity contribution >= 4 is 23.4 Å². The van der Waals surface area contributed by atoms with Crippen LogP contribution in [0, 0.1) is 20.8 Å². The molecule has 0 aliphatic heterocycles. The summed E-state index contributed by atoms with van der Waals surface area (Å²) in [5.41, 5.74) is 4.17. The zero-order valence-corrected chi connectivity index (χ0v) is 18.0. The van der Waals surface area contributed by atoms with E-state index in [-0.39, 0.29) is 11.7 Å². The number of amides is 1. The number of ether oxygens (including phenoxy) is 1. The van der Waals surface area contributed by atoms with Gasteiger partial charge in [-0.25, -0.2) is 0 Å². The quantitative estimate of drug-likeness (QED) is 0.553. The van der Waals surface area contributed by atoms with Crippen molar-refractivity contribution < 1.29 is 9.53 Å². The summed E-state index contributed by atoms with van der Waals surface area (Å²) in [4.78, 5) is 12.4. The average molecular weight is 411 g/mol. The number of hydrogen-bond acceptors (Lipinski definition) is 5. The Hall–Kier alpha value is -2.80. The number of nitrogens with zero attached hydrogens (tertiary/aromatic N) is 3. The number of nitrogens with one attached hydrogen (secondary N) is 1. The fraction of sp³-hybridized carbons (Fsp3) is 0.318. The van der Waals surface area contributed by atoms with Crippen LogP contribution in [0.15, 0.2) is 47.6 Å². The van der Waals surface area contributed by atoms with Crippen molar-refractivity contribution in [2.24, 2.45) is 0 Å². The number of anilines is 1. The molecule has 0 unspecified atom stereocenters. The molecule has 1 N–H and O–H groups in total. The topological polar surface area (TPSA) is 69.0 Å². The molecule has 29 heavy (non-hydrogen) atoms. The largest absolute Gasteiger partial charge is 0.486 e. The van der Waals surface area contributed by atoms with Crippen molar-refractivity contribution in [3.05, 3.63) is 65.0 Å². The van der Waals surface area contributed by atoms with E-state index in [1.807, 2.05) is 74.7 Å². The van der Waals surface area contributed by atoms with Crippen LogP contribution in [0.5, 0.6) is 5.75 Å². The molecule has 0 fully saturated rings. The Morgan fingerprint density at radius 3 is 2.41 bits per heavy atom. The third kappa shape index (κ3) is 5.38. The zero-order valence-electron chi connectivity index (χ0n) is 17.2. The van der Waals surface area contributed by atoms with Gasteiger partial charge in [-0.05, 0) is 51.0 Å². The molecular formula is C22H26N4O2S. The fourth-order valence-corrected chi connectivity index (χ4v) is 3.77. The molecule has 0 radical (unpaired) electrons. The van der Waals surface area contributed by atoms with Gasteiger partial charge in [0.1, 0.15) is 12.4 Å². The number of rotatable bonds is 8. The van der Waals surface area contributed by atoms with Crippen LogP contribution in [0.25, 0.3) is 0 Å². The molecule has 2 aromatic carbocycles.